The number of thiocarbonyl (C=S) groups is 1. The van der Waals surface area contributed by atoms with Crippen molar-refractivity contribution in [2.45, 2.75) is 19.8 Å². The Morgan fingerprint density at radius 1 is 1.52 bits per heavy atom. The van der Waals surface area contributed by atoms with E-state index < -0.39 is 0 Å². The number of ether oxygens (including phenoxy) is 2. The molecule has 0 spiro atoms. The van der Waals surface area contributed by atoms with Crippen LogP contribution in [0.2, 0.25) is 5.02 Å². The van der Waals surface area contributed by atoms with Crippen molar-refractivity contribution in [2.24, 2.45) is 5.10 Å². The molecule has 0 aliphatic carbocycles. The van der Waals surface area contributed by atoms with Gasteiger partial charge in [-0.25, -0.2) is 0 Å². The molecule has 0 atom stereocenters. The maximum absolute atomic E-state index is 6.18. The molecule has 7 heteroatoms. The van der Waals surface area contributed by atoms with Crippen molar-refractivity contribution in [3.63, 3.8) is 0 Å². The molecule has 0 aliphatic rings. The lowest BCUT2D eigenvalue weighted by molar-refractivity contribution is 0.331. The van der Waals surface area contributed by atoms with Gasteiger partial charge in [0.05, 0.1) is 18.3 Å². The second-order valence-corrected chi connectivity index (χ2v) is 5.32. The van der Waals surface area contributed by atoms with Crippen molar-refractivity contribution in [1.29, 1.82) is 0 Å². The lowest BCUT2D eigenvalue weighted by atomic mass is 10.2. The minimum absolute atomic E-state index is 0.114. The Morgan fingerprint density at radius 3 is 2.96 bits per heavy atom. The topological polar surface area (TPSA) is 54.9 Å². The maximum atomic E-state index is 6.18. The summed E-state index contributed by atoms with van der Waals surface area (Å²) in [7, 11) is 1.53. The Morgan fingerprint density at radius 2 is 2.30 bits per heavy atom. The number of unbranched alkanes of at least 4 members (excludes halogenated alkanes) is 1. The molecule has 0 saturated heterocycles. The van der Waals surface area contributed by atoms with E-state index in [9.17, 15) is 0 Å². The summed E-state index contributed by atoms with van der Waals surface area (Å²) < 4.78 is 10.6. The number of terminal acetylenes is 1. The molecule has 0 heterocycles. The standard InChI is InChI=1S/C16H20ClN3O2S/c1-4-6-7-18-16(23)20-19-11-12-9-13(17)15(22-8-5-2)14(10-12)21-3/h2,9-11H,4,6-8H2,1,3H3,(H2,18,20,23)/b19-11-. The summed E-state index contributed by atoms with van der Waals surface area (Å²) in [6, 6.07) is 3.45. The van der Waals surface area contributed by atoms with Crippen molar-refractivity contribution < 1.29 is 9.47 Å². The van der Waals surface area contributed by atoms with Crippen molar-refractivity contribution in [1.82, 2.24) is 10.7 Å². The van der Waals surface area contributed by atoms with E-state index in [0.717, 1.165) is 24.9 Å². The molecular weight excluding hydrogens is 334 g/mol. The first-order valence-electron chi connectivity index (χ1n) is 7.13. The van der Waals surface area contributed by atoms with Gasteiger partial charge in [-0.3, -0.25) is 5.43 Å². The lowest BCUT2D eigenvalue weighted by Gasteiger charge is -2.11. The summed E-state index contributed by atoms with van der Waals surface area (Å²) in [6.07, 6.45) is 8.92. The van der Waals surface area contributed by atoms with Gasteiger partial charge in [0.2, 0.25) is 0 Å². The molecule has 5 nitrogen and oxygen atoms in total. The van der Waals surface area contributed by atoms with Crippen LogP contribution in [0.15, 0.2) is 17.2 Å². The Hall–Kier alpha value is -1.97. The SMILES string of the molecule is C#CCOc1c(Cl)cc(/C=N\NC(=S)NCCCC)cc1OC. The zero-order chi connectivity index (χ0) is 17.1. The number of methoxy groups -OCH3 is 1. The fraction of sp³-hybridized carbons (Fsp3) is 0.375. The predicted molar refractivity (Wildman–Crippen MR) is 98.6 cm³/mol. The third kappa shape index (κ3) is 6.76. The van der Waals surface area contributed by atoms with E-state index in [1.54, 1.807) is 18.3 Å². The first kappa shape index (κ1) is 19.1. The highest BCUT2D eigenvalue weighted by Gasteiger charge is 2.11. The summed E-state index contributed by atoms with van der Waals surface area (Å²) in [6.45, 7) is 3.05. The second kappa shape index (κ2) is 10.7. The van der Waals surface area contributed by atoms with Gasteiger partial charge >= 0.3 is 0 Å². The van der Waals surface area contributed by atoms with Gasteiger partial charge in [0.15, 0.2) is 16.6 Å². The van der Waals surface area contributed by atoms with Crippen LogP contribution in [0.5, 0.6) is 11.5 Å². The van der Waals surface area contributed by atoms with E-state index in [0.29, 0.717) is 21.6 Å². The number of nitrogens with zero attached hydrogens (tertiary/aromatic N) is 1. The van der Waals surface area contributed by atoms with Crippen LogP contribution in [-0.4, -0.2) is 31.6 Å². The highest BCUT2D eigenvalue weighted by Crippen LogP contribution is 2.35. The number of rotatable bonds is 8. The fourth-order valence-electron chi connectivity index (χ4n) is 1.65. The average Bonchev–Trinajstić information content (AvgIpc) is 2.53. The van der Waals surface area contributed by atoms with Gasteiger partial charge in [-0.2, -0.15) is 5.10 Å². The van der Waals surface area contributed by atoms with E-state index in [-0.39, 0.29) is 6.61 Å². The van der Waals surface area contributed by atoms with Gasteiger partial charge in [0.25, 0.3) is 0 Å². The Kier molecular flexibility index (Phi) is 8.88. The van der Waals surface area contributed by atoms with Crippen LogP contribution >= 0.6 is 23.8 Å². The van der Waals surface area contributed by atoms with Crippen LogP contribution in [0, 0.1) is 12.3 Å². The minimum atomic E-state index is 0.114. The number of nitrogens with one attached hydrogen (secondary N) is 2. The van der Waals surface area contributed by atoms with Crippen LogP contribution in [0.3, 0.4) is 0 Å². The lowest BCUT2D eigenvalue weighted by Crippen LogP contribution is -2.32. The zero-order valence-electron chi connectivity index (χ0n) is 13.2. The first-order valence-corrected chi connectivity index (χ1v) is 7.91. The van der Waals surface area contributed by atoms with Gasteiger partial charge in [-0.05, 0) is 36.3 Å². The summed E-state index contributed by atoms with van der Waals surface area (Å²) in [5.74, 6) is 3.28. The normalized spacial score (nSPS) is 10.2. The number of benzene rings is 1. The van der Waals surface area contributed by atoms with Crippen LogP contribution in [0.1, 0.15) is 25.3 Å². The number of hydrogen-bond donors (Lipinski definition) is 2. The van der Waals surface area contributed by atoms with E-state index >= 15 is 0 Å². The average molecular weight is 354 g/mol. The van der Waals surface area contributed by atoms with Crippen molar-refractivity contribution in [3.8, 4) is 23.8 Å². The van der Waals surface area contributed by atoms with Crippen LogP contribution in [0.25, 0.3) is 0 Å². The quantitative estimate of drug-likeness (QED) is 0.247. The van der Waals surface area contributed by atoms with Crippen LogP contribution < -0.4 is 20.2 Å². The van der Waals surface area contributed by atoms with E-state index in [2.05, 4.69) is 28.7 Å². The predicted octanol–water partition coefficient (Wildman–Crippen LogP) is 2.96. The summed E-state index contributed by atoms with van der Waals surface area (Å²) in [5, 5.41) is 7.98. The van der Waals surface area contributed by atoms with Crippen molar-refractivity contribution in [2.75, 3.05) is 20.3 Å². The molecule has 1 aromatic rings. The van der Waals surface area contributed by atoms with E-state index in [4.69, 9.17) is 39.7 Å². The molecule has 0 unspecified atom stereocenters. The Labute approximate surface area is 147 Å². The van der Waals surface area contributed by atoms with Gasteiger partial charge < -0.3 is 14.8 Å². The van der Waals surface area contributed by atoms with Crippen LogP contribution in [-0.2, 0) is 0 Å². The third-order valence-corrected chi connectivity index (χ3v) is 3.26. The van der Waals surface area contributed by atoms with Gasteiger partial charge in [-0.15, -0.1) is 6.42 Å². The molecule has 0 amide bonds. The molecule has 0 radical (unpaired) electrons. The summed E-state index contributed by atoms with van der Waals surface area (Å²) in [5.41, 5.74) is 3.48. The molecular formula is C16H20ClN3O2S. The molecule has 2 N–H and O–H groups in total. The summed E-state index contributed by atoms with van der Waals surface area (Å²) in [4.78, 5) is 0. The van der Waals surface area contributed by atoms with Gasteiger partial charge in [-0.1, -0.05) is 30.9 Å². The molecule has 0 aromatic heterocycles. The zero-order valence-corrected chi connectivity index (χ0v) is 14.8. The maximum Gasteiger partial charge on any atom is 0.186 e. The number of hydrogen-bond acceptors (Lipinski definition) is 4. The molecule has 0 saturated carbocycles. The second-order valence-electron chi connectivity index (χ2n) is 4.51. The molecule has 0 bridgehead atoms. The monoisotopic (exact) mass is 353 g/mol. The highest BCUT2D eigenvalue weighted by atomic mass is 35.5. The summed E-state index contributed by atoms with van der Waals surface area (Å²) >= 11 is 11.3. The Bertz CT molecular complexity index is 600. The largest absolute Gasteiger partial charge is 0.493 e. The smallest absolute Gasteiger partial charge is 0.186 e. The van der Waals surface area contributed by atoms with Crippen molar-refractivity contribution in [3.05, 3.63) is 22.7 Å². The first-order chi connectivity index (χ1) is 11.1. The molecule has 1 rings (SSSR count). The molecule has 0 aliphatic heterocycles. The number of hydrazone groups is 1. The van der Waals surface area contributed by atoms with Crippen molar-refractivity contribution >= 4 is 35.1 Å². The molecule has 124 valence electrons. The molecule has 23 heavy (non-hydrogen) atoms. The van der Waals surface area contributed by atoms with Gasteiger partial charge in [0.1, 0.15) is 6.61 Å². The number of halogens is 1. The molecule has 0 fully saturated rings. The fourth-order valence-corrected chi connectivity index (χ4v) is 2.08. The van der Waals surface area contributed by atoms with E-state index in [1.165, 1.54) is 7.11 Å². The van der Waals surface area contributed by atoms with Gasteiger partial charge in [0, 0.05) is 6.54 Å². The minimum Gasteiger partial charge on any atom is -0.493 e. The highest BCUT2D eigenvalue weighted by molar-refractivity contribution is 7.80. The van der Waals surface area contributed by atoms with Crippen LogP contribution in [0.4, 0.5) is 0 Å². The Balaban J connectivity index is 2.70. The third-order valence-electron chi connectivity index (χ3n) is 2.75. The van der Waals surface area contributed by atoms with E-state index in [1.807, 2.05) is 0 Å². The molecule has 1 aromatic carbocycles.